The molecule has 0 radical (unpaired) electrons. The van der Waals surface area contributed by atoms with Gasteiger partial charge in [0.15, 0.2) is 0 Å². The number of pyridine rings is 1. The Morgan fingerprint density at radius 1 is 0.926 bits per heavy atom. The SMILES string of the molecule is O=C1c2ccccc2[C@H](Nc2ccccc2C(F)(F)F)N1c1ccccn1. The summed E-state index contributed by atoms with van der Waals surface area (Å²) in [6, 6.07) is 17.1. The van der Waals surface area contributed by atoms with E-state index in [-0.39, 0.29) is 11.6 Å². The quantitative estimate of drug-likeness (QED) is 0.716. The first-order valence-electron chi connectivity index (χ1n) is 8.23. The summed E-state index contributed by atoms with van der Waals surface area (Å²) < 4.78 is 40.1. The summed E-state index contributed by atoms with van der Waals surface area (Å²) in [5.41, 5.74) is 0.151. The lowest BCUT2D eigenvalue weighted by Crippen LogP contribution is -2.33. The highest BCUT2D eigenvalue weighted by atomic mass is 19.4. The number of carbonyl (C=O) groups is 1. The molecule has 0 spiro atoms. The van der Waals surface area contributed by atoms with E-state index in [0.717, 1.165) is 6.07 Å². The van der Waals surface area contributed by atoms with Crippen LogP contribution in [0.3, 0.4) is 0 Å². The molecule has 4 nitrogen and oxygen atoms in total. The van der Waals surface area contributed by atoms with Gasteiger partial charge >= 0.3 is 6.18 Å². The number of hydrogen-bond donors (Lipinski definition) is 1. The minimum absolute atomic E-state index is 0.0968. The smallest absolute Gasteiger partial charge is 0.361 e. The molecule has 0 aliphatic carbocycles. The second kappa shape index (κ2) is 6.42. The summed E-state index contributed by atoms with van der Waals surface area (Å²) >= 11 is 0. The Morgan fingerprint density at radius 3 is 2.37 bits per heavy atom. The van der Waals surface area contributed by atoms with E-state index >= 15 is 0 Å². The van der Waals surface area contributed by atoms with Crippen LogP contribution in [-0.2, 0) is 6.18 Å². The van der Waals surface area contributed by atoms with E-state index in [9.17, 15) is 18.0 Å². The van der Waals surface area contributed by atoms with Crippen molar-refractivity contribution in [3.63, 3.8) is 0 Å². The topological polar surface area (TPSA) is 45.2 Å². The Balaban J connectivity index is 1.81. The lowest BCUT2D eigenvalue weighted by molar-refractivity contribution is -0.137. The molecular formula is C20H14F3N3O. The Bertz CT molecular complexity index is 989. The molecule has 0 unspecified atom stereocenters. The van der Waals surface area contributed by atoms with Crippen LogP contribution in [0, 0.1) is 0 Å². The van der Waals surface area contributed by atoms with E-state index in [1.807, 2.05) is 0 Å². The molecular weight excluding hydrogens is 355 g/mol. The number of para-hydroxylation sites is 1. The number of halogens is 3. The predicted molar refractivity (Wildman–Crippen MR) is 95.3 cm³/mol. The first kappa shape index (κ1) is 17.1. The predicted octanol–water partition coefficient (Wildman–Crippen LogP) is 4.87. The van der Waals surface area contributed by atoms with Crippen LogP contribution < -0.4 is 10.2 Å². The van der Waals surface area contributed by atoms with Gasteiger partial charge in [0.2, 0.25) is 0 Å². The lowest BCUT2D eigenvalue weighted by atomic mass is 10.1. The molecule has 4 rings (SSSR count). The van der Waals surface area contributed by atoms with Crippen LogP contribution in [-0.4, -0.2) is 10.9 Å². The summed E-state index contributed by atoms with van der Waals surface area (Å²) in [6.07, 6.45) is -3.78. The summed E-state index contributed by atoms with van der Waals surface area (Å²) in [7, 11) is 0. The number of aromatic nitrogens is 1. The van der Waals surface area contributed by atoms with E-state index in [1.165, 1.54) is 29.3 Å². The Kier molecular flexibility index (Phi) is 4.07. The van der Waals surface area contributed by atoms with Crippen LogP contribution in [0.2, 0.25) is 0 Å². The zero-order valence-corrected chi connectivity index (χ0v) is 13.9. The number of hydrogen-bond acceptors (Lipinski definition) is 3. The third-order valence-corrected chi connectivity index (χ3v) is 4.38. The molecule has 0 bridgehead atoms. The fourth-order valence-electron chi connectivity index (χ4n) is 3.19. The zero-order valence-electron chi connectivity index (χ0n) is 13.9. The van der Waals surface area contributed by atoms with Gasteiger partial charge in [-0.2, -0.15) is 13.2 Å². The Hall–Kier alpha value is -3.35. The number of rotatable bonds is 3. The molecule has 1 aliphatic rings. The molecule has 136 valence electrons. The Labute approximate surface area is 153 Å². The lowest BCUT2D eigenvalue weighted by Gasteiger charge is -2.27. The van der Waals surface area contributed by atoms with Gasteiger partial charge in [0.1, 0.15) is 12.0 Å². The average Bonchev–Trinajstić information content (AvgIpc) is 2.94. The normalized spacial score (nSPS) is 16.3. The molecule has 1 aromatic heterocycles. The largest absolute Gasteiger partial charge is 0.418 e. The van der Waals surface area contributed by atoms with Crippen molar-refractivity contribution in [2.75, 3.05) is 10.2 Å². The van der Waals surface area contributed by atoms with Gasteiger partial charge in [0.25, 0.3) is 5.91 Å². The second-order valence-corrected chi connectivity index (χ2v) is 6.04. The van der Waals surface area contributed by atoms with Crippen molar-refractivity contribution in [2.24, 2.45) is 0 Å². The number of benzene rings is 2. The van der Waals surface area contributed by atoms with Gasteiger partial charge in [0, 0.05) is 23.0 Å². The minimum atomic E-state index is -4.51. The maximum Gasteiger partial charge on any atom is 0.418 e. The van der Waals surface area contributed by atoms with Crippen LogP contribution in [0.15, 0.2) is 72.9 Å². The fourth-order valence-corrected chi connectivity index (χ4v) is 3.19. The van der Waals surface area contributed by atoms with Crippen molar-refractivity contribution in [1.82, 2.24) is 4.98 Å². The molecule has 2 aromatic carbocycles. The van der Waals surface area contributed by atoms with Gasteiger partial charge in [-0.3, -0.25) is 9.69 Å². The zero-order chi connectivity index (χ0) is 19.0. The average molecular weight is 369 g/mol. The highest BCUT2D eigenvalue weighted by Crippen LogP contribution is 2.40. The second-order valence-electron chi connectivity index (χ2n) is 6.04. The van der Waals surface area contributed by atoms with E-state index < -0.39 is 17.9 Å². The van der Waals surface area contributed by atoms with E-state index in [1.54, 1.807) is 42.5 Å². The van der Waals surface area contributed by atoms with Gasteiger partial charge in [-0.1, -0.05) is 36.4 Å². The molecule has 27 heavy (non-hydrogen) atoms. The Morgan fingerprint density at radius 2 is 1.63 bits per heavy atom. The van der Waals surface area contributed by atoms with Crippen LogP contribution in [0.5, 0.6) is 0 Å². The number of nitrogens with one attached hydrogen (secondary N) is 1. The molecule has 7 heteroatoms. The van der Waals surface area contributed by atoms with Crippen molar-refractivity contribution in [3.05, 3.63) is 89.6 Å². The van der Waals surface area contributed by atoms with Crippen molar-refractivity contribution in [2.45, 2.75) is 12.3 Å². The summed E-state index contributed by atoms with van der Waals surface area (Å²) in [4.78, 5) is 18.5. The van der Waals surface area contributed by atoms with Crippen molar-refractivity contribution in [1.29, 1.82) is 0 Å². The molecule has 2 heterocycles. The molecule has 0 saturated carbocycles. The van der Waals surface area contributed by atoms with Gasteiger partial charge < -0.3 is 5.32 Å². The number of amides is 1. The monoisotopic (exact) mass is 369 g/mol. The minimum Gasteiger partial charge on any atom is -0.361 e. The standard InChI is InChI=1S/C20H14F3N3O/c21-20(22,23)15-9-3-4-10-16(15)25-18-13-7-1-2-8-14(13)19(27)26(18)17-11-5-6-12-24-17/h1-12,18,25H/t18-/m1/s1. The third-order valence-electron chi connectivity index (χ3n) is 4.38. The van der Waals surface area contributed by atoms with Crippen LogP contribution >= 0.6 is 0 Å². The van der Waals surface area contributed by atoms with Gasteiger partial charge in [-0.05, 0) is 30.3 Å². The third kappa shape index (κ3) is 3.01. The number of anilines is 2. The molecule has 1 aliphatic heterocycles. The molecule has 0 saturated heterocycles. The van der Waals surface area contributed by atoms with Gasteiger partial charge in [-0.15, -0.1) is 0 Å². The number of nitrogens with zero attached hydrogens (tertiary/aromatic N) is 2. The van der Waals surface area contributed by atoms with Crippen LogP contribution in [0.4, 0.5) is 24.7 Å². The van der Waals surface area contributed by atoms with Crippen molar-refractivity contribution in [3.8, 4) is 0 Å². The van der Waals surface area contributed by atoms with E-state index in [0.29, 0.717) is 16.9 Å². The molecule has 1 amide bonds. The van der Waals surface area contributed by atoms with Crippen molar-refractivity contribution >= 4 is 17.4 Å². The number of carbonyl (C=O) groups excluding carboxylic acids is 1. The van der Waals surface area contributed by atoms with Crippen LogP contribution in [0.25, 0.3) is 0 Å². The summed E-state index contributed by atoms with van der Waals surface area (Å²) in [5, 5.41) is 2.90. The van der Waals surface area contributed by atoms with E-state index in [2.05, 4.69) is 10.3 Å². The summed E-state index contributed by atoms with van der Waals surface area (Å²) in [5.74, 6) is 0.0481. The van der Waals surface area contributed by atoms with Crippen LogP contribution in [0.1, 0.15) is 27.7 Å². The molecule has 1 N–H and O–H groups in total. The van der Waals surface area contributed by atoms with Crippen molar-refractivity contribution < 1.29 is 18.0 Å². The number of fused-ring (bicyclic) bond motifs is 1. The highest BCUT2D eigenvalue weighted by Gasteiger charge is 2.40. The van der Waals surface area contributed by atoms with Gasteiger partial charge in [-0.25, -0.2) is 4.98 Å². The summed E-state index contributed by atoms with van der Waals surface area (Å²) in [6.45, 7) is 0. The van der Waals surface area contributed by atoms with E-state index in [4.69, 9.17) is 0 Å². The van der Waals surface area contributed by atoms with Gasteiger partial charge in [0.05, 0.1) is 5.56 Å². The highest BCUT2D eigenvalue weighted by molar-refractivity contribution is 6.11. The first-order chi connectivity index (χ1) is 13.0. The number of alkyl halides is 3. The maximum atomic E-state index is 13.4. The first-order valence-corrected chi connectivity index (χ1v) is 8.23. The molecule has 1 atom stereocenters. The fraction of sp³-hybridized carbons (Fsp3) is 0.100. The maximum absolute atomic E-state index is 13.4. The molecule has 3 aromatic rings. The molecule has 0 fully saturated rings.